The molecule has 0 spiro atoms. The Bertz CT molecular complexity index is 3940. The van der Waals surface area contributed by atoms with Crippen molar-refractivity contribution in [1.29, 1.82) is 0 Å². The number of carboxylic acid groups (broad SMARTS) is 1. The number of nitrogens with one attached hydrogen (secondary N) is 3. The van der Waals surface area contributed by atoms with Crippen molar-refractivity contribution in [3.05, 3.63) is 180 Å². The maximum absolute atomic E-state index is 13.2. The van der Waals surface area contributed by atoms with Gasteiger partial charge in [-0.15, -0.1) is 0 Å². The minimum atomic E-state index is -4.04. The van der Waals surface area contributed by atoms with Crippen LogP contribution in [0, 0.1) is 11.6 Å². The van der Waals surface area contributed by atoms with Crippen molar-refractivity contribution in [1.82, 2.24) is 39.0 Å². The van der Waals surface area contributed by atoms with Gasteiger partial charge in [0.05, 0.1) is 43.2 Å². The number of nitrogen functional groups attached to an aromatic ring is 1. The molecule has 1 amide bonds. The van der Waals surface area contributed by atoms with E-state index in [4.69, 9.17) is 38.8 Å². The lowest BCUT2D eigenvalue weighted by Gasteiger charge is -2.12. The minimum Gasteiger partial charge on any atom is -0.483 e. The van der Waals surface area contributed by atoms with Crippen molar-refractivity contribution >= 4 is 101 Å². The maximum Gasteiger partial charge on any atom is 0.290 e. The predicted octanol–water partition coefficient (Wildman–Crippen LogP) is 9.39. The number of carbonyl (C=O) groups is 2. The number of sulfonamides is 2. The number of amides is 1. The van der Waals surface area contributed by atoms with Gasteiger partial charge in [0, 0.05) is 42.8 Å². The SMILES string of the molecule is CC(=O)Nc1nc2ccc(-c3cnc(Cl)c(NS(=O)(=O)c4ccc(F)cc4)c3)cc2n1-c1ccccn1.Nc1nc2ccc(-c3cnc(Cl)c(NS(=O)(=O)c4ccc(F)cc4)c3)cc2n1-c1ccccn1.O=CO. The van der Waals surface area contributed by atoms with Gasteiger partial charge < -0.3 is 10.8 Å². The van der Waals surface area contributed by atoms with Gasteiger partial charge in [-0.3, -0.25) is 33.5 Å². The highest BCUT2D eigenvalue weighted by Crippen LogP contribution is 2.34. The first-order valence-corrected chi connectivity index (χ1v) is 25.0. The molecule has 0 aliphatic rings. The van der Waals surface area contributed by atoms with E-state index in [1.54, 1.807) is 70.1 Å². The molecule has 10 rings (SSSR count). The third-order valence-electron chi connectivity index (χ3n) is 10.5. The van der Waals surface area contributed by atoms with Crippen molar-refractivity contribution in [3.8, 4) is 33.9 Å². The van der Waals surface area contributed by atoms with Crippen molar-refractivity contribution in [2.24, 2.45) is 0 Å². The highest BCUT2D eigenvalue weighted by Gasteiger charge is 2.21. The first kappa shape index (κ1) is 51.5. The molecule has 6 N–H and O–H groups in total. The molecule has 25 heteroatoms. The number of imidazole rings is 2. The average Bonchev–Trinajstić information content (AvgIpc) is 3.91. The Kier molecular flexibility index (Phi) is 15.2. The smallest absolute Gasteiger partial charge is 0.290 e. The summed E-state index contributed by atoms with van der Waals surface area (Å²) in [6.45, 7) is 1.14. The molecule has 0 radical (unpaired) electrons. The van der Waals surface area contributed by atoms with Gasteiger partial charge in [-0.05, 0) is 120 Å². The van der Waals surface area contributed by atoms with Crippen LogP contribution in [0.4, 0.5) is 32.1 Å². The monoisotopic (exact) mass is 1080 g/mol. The van der Waals surface area contributed by atoms with Crippen LogP contribution in [0.15, 0.2) is 168 Å². The summed E-state index contributed by atoms with van der Waals surface area (Å²) >= 11 is 12.4. The third kappa shape index (κ3) is 11.6. The van der Waals surface area contributed by atoms with Gasteiger partial charge in [0.1, 0.15) is 23.3 Å². The fourth-order valence-corrected chi connectivity index (χ4v) is 9.73. The summed E-state index contributed by atoms with van der Waals surface area (Å²) in [5.41, 5.74) is 11.5. The Morgan fingerprint density at radius 2 is 1.04 bits per heavy atom. The number of fused-ring (bicyclic) bond motifs is 2. The first-order chi connectivity index (χ1) is 35.4. The number of anilines is 4. The molecule has 0 bridgehead atoms. The van der Waals surface area contributed by atoms with Crippen LogP contribution in [0.5, 0.6) is 0 Å². The Labute approximate surface area is 429 Å². The molecule has 0 saturated heterocycles. The van der Waals surface area contributed by atoms with Crippen LogP contribution in [0.2, 0.25) is 10.3 Å². The number of aromatic nitrogens is 8. The summed E-state index contributed by atoms with van der Waals surface area (Å²) < 4.78 is 85.8. The number of halogens is 4. The van der Waals surface area contributed by atoms with Crippen LogP contribution in [0.3, 0.4) is 0 Å². The summed E-state index contributed by atoms with van der Waals surface area (Å²) in [5.74, 6) is 0.375. The van der Waals surface area contributed by atoms with E-state index >= 15 is 0 Å². The quantitative estimate of drug-likeness (QED) is 0.0596. The van der Waals surface area contributed by atoms with E-state index in [9.17, 15) is 30.4 Å². The van der Waals surface area contributed by atoms with Crippen LogP contribution in [-0.2, 0) is 29.6 Å². The van der Waals surface area contributed by atoms with Gasteiger partial charge >= 0.3 is 0 Å². The lowest BCUT2D eigenvalue weighted by atomic mass is 10.1. The van der Waals surface area contributed by atoms with Crippen molar-refractivity contribution < 1.29 is 40.3 Å². The Morgan fingerprint density at radius 1 is 0.608 bits per heavy atom. The number of hydrogen-bond acceptors (Lipinski definition) is 13. The maximum atomic E-state index is 13.2. The Hall–Kier alpha value is -8.90. The van der Waals surface area contributed by atoms with Gasteiger partial charge in [0.25, 0.3) is 26.5 Å². The molecule has 0 atom stereocenters. The zero-order chi connectivity index (χ0) is 52.7. The molecule has 4 aromatic carbocycles. The molecule has 0 unspecified atom stereocenters. The number of pyridine rings is 4. The molecule has 19 nitrogen and oxygen atoms in total. The minimum absolute atomic E-state index is 0.0294. The fraction of sp³-hybridized carbons (Fsp3) is 0.0204. The highest BCUT2D eigenvalue weighted by atomic mass is 35.5. The summed E-state index contributed by atoms with van der Waals surface area (Å²) in [4.78, 5) is 45.8. The molecule has 10 aromatic rings. The molecular weight excluding hydrogens is 1040 g/mol. The van der Waals surface area contributed by atoms with E-state index in [0.717, 1.165) is 47.5 Å². The predicted molar refractivity (Wildman–Crippen MR) is 276 cm³/mol. The van der Waals surface area contributed by atoms with E-state index in [1.165, 1.54) is 31.5 Å². The lowest BCUT2D eigenvalue weighted by Crippen LogP contribution is -2.13. The second kappa shape index (κ2) is 21.8. The highest BCUT2D eigenvalue weighted by molar-refractivity contribution is 7.93. The van der Waals surface area contributed by atoms with Crippen molar-refractivity contribution in [2.75, 3.05) is 20.5 Å². The van der Waals surface area contributed by atoms with Gasteiger partial charge in [-0.25, -0.2) is 55.5 Å². The average molecular weight is 1080 g/mol. The van der Waals surface area contributed by atoms with E-state index in [-0.39, 0.29) is 49.8 Å². The molecule has 74 heavy (non-hydrogen) atoms. The molecule has 0 fully saturated rings. The second-order valence-corrected chi connectivity index (χ2v) is 19.5. The molecule has 6 aromatic heterocycles. The van der Waals surface area contributed by atoms with Gasteiger partial charge in [0.2, 0.25) is 17.8 Å². The third-order valence-corrected chi connectivity index (χ3v) is 13.8. The van der Waals surface area contributed by atoms with Crippen molar-refractivity contribution in [2.45, 2.75) is 16.7 Å². The Balaban J connectivity index is 0.000000188. The zero-order valence-corrected chi connectivity index (χ0v) is 41.1. The molecule has 374 valence electrons. The number of benzene rings is 4. The standard InChI is InChI=1S/C25H18ClFN6O3S.C23H16ClFN6O2S.CH2O2/c1-15(34)30-25-31-20-10-5-16(13-22(20)33(25)23-4-2-3-11-28-23)17-12-21(24(26)29-14-17)32-37(35,36)19-8-6-18(27)7-9-19;24-22-19(30-34(32,33)17-7-5-16(25)6-8-17)11-15(13-28-22)14-4-9-18-20(12-14)31(23(26)29-18)21-3-1-2-10-27-21;2-1-3/h2-14,32H,1H3,(H,30,31,34);1-13,30H,(H2,26,29);1H,(H,2,3). The van der Waals surface area contributed by atoms with Crippen LogP contribution in [0.1, 0.15) is 6.92 Å². The molecule has 6 heterocycles. The number of hydrogen-bond donors (Lipinski definition) is 5. The summed E-state index contributed by atoms with van der Waals surface area (Å²) in [7, 11) is -8.05. The van der Waals surface area contributed by atoms with E-state index in [0.29, 0.717) is 50.8 Å². The molecule has 0 saturated carbocycles. The van der Waals surface area contributed by atoms with Crippen LogP contribution >= 0.6 is 23.2 Å². The summed E-state index contributed by atoms with van der Waals surface area (Å²) in [6.07, 6.45) is 6.33. The topological polar surface area (TPSA) is 272 Å². The largest absolute Gasteiger partial charge is 0.483 e. The number of rotatable bonds is 11. The van der Waals surface area contributed by atoms with Crippen molar-refractivity contribution in [3.63, 3.8) is 0 Å². The number of carbonyl (C=O) groups excluding carboxylic acids is 1. The number of nitrogens with two attached hydrogens (primary N) is 1. The van der Waals surface area contributed by atoms with Gasteiger partial charge in [0.15, 0.2) is 10.3 Å². The van der Waals surface area contributed by atoms with E-state index in [1.807, 2.05) is 36.4 Å². The second-order valence-electron chi connectivity index (χ2n) is 15.4. The normalized spacial score (nSPS) is 11.2. The zero-order valence-electron chi connectivity index (χ0n) is 38.0. The van der Waals surface area contributed by atoms with Crippen LogP contribution in [-0.4, -0.2) is 73.4 Å². The Morgan fingerprint density at radius 3 is 1.47 bits per heavy atom. The van der Waals surface area contributed by atoms with Crippen LogP contribution in [0.25, 0.3) is 56.0 Å². The van der Waals surface area contributed by atoms with Crippen LogP contribution < -0.4 is 20.5 Å². The van der Waals surface area contributed by atoms with Gasteiger partial charge in [-0.1, -0.05) is 47.5 Å². The molecule has 0 aliphatic carbocycles. The summed E-state index contributed by atoms with van der Waals surface area (Å²) in [5, 5.41) is 9.53. The number of nitrogens with zero attached hydrogens (tertiary/aromatic N) is 8. The molecule has 0 aliphatic heterocycles. The molecular formula is C49H36Cl2F2N12O7S2. The summed E-state index contributed by atoms with van der Waals surface area (Å²) in [6, 6.07) is 33.7. The lowest BCUT2D eigenvalue weighted by molar-refractivity contribution is -0.123. The first-order valence-electron chi connectivity index (χ1n) is 21.3. The fourth-order valence-electron chi connectivity index (χ4n) is 7.20. The van der Waals surface area contributed by atoms with E-state index in [2.05, 4.69) is 44.7 Å². The van der Waals surface area contributed by atoms with Gasteiger partial charge in [-0.2, -0.15) is 0 Å². The van der Waals surface area contributed by atoms with E-state index < -0.39 is 31.7 Å².